The minimum atomic E-state index is -0.552. The van der Waals surface area contributed by atoms with E-state index in [-0.39, 0.29) is 13.2 Å². The number of rotatable bonds is 5. The van der Waals surface area contributed by atoms with Gasteiger partial charge in [0.15, 0.2) is 6.10 Å². The lowest BCUT2D eigenvalue weighted by Crippen LogP contribution is -2.26. The third kappa shape index (κ3) is 3.10. The van der Waals surface area contributed by atoms with Crippen LogP contribution < -0.4 is 9.64 Å². The number of hydrogen-bond acceptors (Lipinski definition) is 6. The van der Waals surface area contributed by atoms with Gasteiger partial charge in [0, 0.05) is 12.3 Å². The van der Waals surface area contributed by atoms with Crippen molar-refractivity contribution in [1.29, 1.82) is 0 Å². The molecule has 1 aliphatic rings. The van der Waals surface area contributed by atoms with Crippen LogP contribution in [0.2, 0.25) is 0 Å². The van der Waals surface area contributed by atoms with Crippen molar-refractivity contribution < 1.29 is 23.2 Å². The highest BCUT2D eigenvalue weighted by molar-refractivity contribution is 5.89. The van der Waals surface area contributed by atoms with Crippen LogP contribution in [-0.2, 0) is 4.74 Å². The molecule has 1 aromatic carbocycles. The number of hydrogen-bond donors (Lipinski definition) is 0. The number of amides is 1. The summed E-state index contributed by atoms with van der Waals surface area (Å²) in [4.78, 5) is 17.5. The molecule has 0 saturated carbocycles. The van der Waals surface area contributed by atoms with Crippen LogP contribution in [0.5, 0.6) is 5.88 Å². The molecule has 2 aromatic heterocycles. The Hall–Kier alpha value is -3.36. The molecule has 0 spiro atoms. The Morgan fingerprint density at radius 1 is 1.38 bits per heavy atom. The number of benzene rings is 1. The zero-order valence-electron chi connectivity index (χ0n) is 13.8. The molecule has 4 rings (SSSR count). The maximum absolute atomic E-state index is 14.5. The quantitative estimate of drug-likeness (QED) is 0.697. The van der Waals surface area contributed by atoms with E-state index in [2.05, 4.69) is 14.7 Å². The van der Waals surface area contributed by atoms with Crippen molar-refractivity contribution >= 4 is 11.8 Å². The van der Waals surface area contributed by atoms with Crippen molar-refractivity contribution in [3.8, 4) is 11.6 Å². The van der Waals surface area contributed by atoms with Gasteiger partial charge in [0.05, 0.1) is 29.9 Å². The number of anilines is 1. The van der Waals surface area contributed by atoms with Crippen LogP contribution >= 0.6 is 0 Å². The Labute approximate surface area is 147 Å². The van der Waals surface area contributed by atoms with Crippen molar-refractivity contribution in [3.05, 3.63) is 54.6 Å². The van der Waals surface area contributed by atoms with Crippen molar-refractivity contribution in [2.45, 2.75) is 13.0 Å². The summed E-state index contributed by atoms with van der Waals surface area (Å²) in [5.41, 5.74) is 1.55. The van der Waals surface area contributed by atoms with E-state index in [1.54, 1.807) is 29.0 Å². The molecule has 1 fully saturated rings. The number of aromatic nitrogens is 3. The minimum Gasteiger partial charge on any atom is -0.471 e. The van der Waals surface area contributed by atoms with Gasteiger partial charge in [0.25, 0.3) is 5.88 Å². The molecule has 0 unspecified atom stereocenters. The number of nitrogens with zero attached hydrogens (tertiary/aromatic N) is 4. The van der Waals surface area contributed by atoms with Gasteiger partial charge in [0.1, 0.15) is 18.7 Å². The van der Waals surface area contributed by atoms with Gasteiger partial charge in [-0.05, 0) is 30.3 Å². The Balaban J connectivity index is 1.47. The number of aryl methyl sites for hydroxylation is 1. The molecule has 134 valence electrons. The van der Waals surface area contributed by atoms with E-state index >= 15 is 0 Å². The van der Waals surface area contributed by atoms with Crippen LogP contribution in [0, 0.1) is 12.7 Å². The first kappa shape index (κ1) is 16.1. The average molecular weight is 358 g/mol. The summed E-state index contributed by atoms with van der Waals surface area (Å²) >= 11 is 0. The maximum atomic E-state index is 14.5. The van der Waals surface area contributed by atoms with E-state index in [1.165, 1.54) is 23.6 Å². The largest absolute Gasteiger partial charge is 0.471 e. The zero-order chi connectivity index (χ0) is 18.1. The summed E-state index contributed by atoms with van der Waals surface area (Å²) in [6.45, 7) is 2.20. The standard InChI is InChI=1S/C17H15FN4O4/c1-11-7-21(10-19-11)15-3-2-12(6-14(15)18)22-8-13(26-17(22)23)9-24-16-4-5-25-20-16/h2-7,10,13H,8-9H2,1H3/t13-/m1/s1. The number of ether oxygens (including phenoxy) is 2. The fourth-order valence-electron chi connectivity index (χ4n) is 2.70. The highest BCUT2D eigenvalue weighted by Gasteiger charge is 2.33. The van der Waals surface area contributed by atoms with Gasteiger partial charge >= 0.3 is 6.09 Å². The number of carbonyl (C=O) groups is 1. The van der Waals surface area contributed by atoms with E-state index in [1.807, 2.05) is 6.92 Å². The van der Waals surface area contributed by atoms with Crippen LogP contribution in [0.15, 0.2) is 47.6 Å². The Bertz CT molecular complexity index is 925. The molecule has 0 bridgehead atoms. The van der Waals surface area contributed by atoms with Gasteiger partial charge in [-0.3, -0.25) is 4.90 Å². The third-order valence-electron chi connectivity index (χ3n) is 3.94. The summed E-state index contributed by atoms with van der Waals surface area (Å²) in [6.07, 6.45) is 3.60. The first-order valence-electron chi connectivity index (χ1n) is 7.92. The van der Waals surface area contributed by atoms with Gasteiger partial charge in [-0.15, -0.1) is 0 Å². The summed E-state index contributed by atoms with van der Waals surface area (Å²) < 4.78 is 31.4. The lowest BCUT2D eigenvalue weighted by atomic mass is 10.2. The lowest BCUT2D eigenvalue weighted by Gasteiger charge is -2.14. The van der Waals surface area contributed by atoms with E-state index in [4.69, 9.17) is 9.47 Å². The Morgan fingerprint density at radius 3 is 2.96 bits per heavy atom. The summed E-state index contributed by atoms with van der Waals surface area (Å²) in [7, 11) is 0. The monoisotopic (exact) mass is 358 g/mol. The molecule has 1 atom stereocenters. The fourth-order valence-corrected chi connectivity index (χ4v) is 2.70. The minimum absolute atomic E-state index is 0.129. The second kappa shape index (κ2) is 6.51. The Kier molecular flexibility index (Phi) is 4.04. The van der Waals surface area contributed by atoms with E-state index in [0.29, 0.717) is 17.3 Å². The number of imidazole rings is 1. The molecule has 3 aromatic rings. The van der Waals surface area contributed by atoms with Crippen molar-refractivity contribution in [1.82, 2.24) is 14.7 Å². The molecule has 9 heteroatoms. The second-order valence-corrected chi connectivity index (χ2v) is 5.82. The number of carbonyl (C=O) groups excluding carboxylic acids is 1. The smallest absolute Gasteiger partial charge is 0.414 e. The highest BCUT2D eigenvalue weighted by Crippen LogP contribution is 2.26. The summed E-state index contributed by atoms with van der Waals surface area (Å²) in [6, 6.07) is 6.11. The first-order chi connectivity index (χ1) is 12.6. The van der Waals surface area contributed by atoms with Crippen LogP contribution in [0.3, 0.4) is 0 Å². The van der Waals surface area contributed by atoms with Gasteiger partial charge in [-0.2, -0.15) is 0 Å². The van der Waals surface area contributed by atoms with Crippen molar-refractivity contribution in [2.75, 3.05) is 18.1 Å². The zero-order valence-corrected chi connectivity index (χ0v) is 13.8. The molecule has 0 aliphatic carbocycles. The van der Waals surface area contributed by atoms with Crippen LogP contribution in [0.4, 0.5) is 14.9 Å². The third-order valence-corrected chi connectivity index (χ3v) is 3.94. The molecule has 0 radical (unpaired) electrons. The normalized spacial score (nSPS) is 16.8. The van der Waals surface area contributed by atoms with Gasteiger partial charge in [-0.25, -0.2) is 14.2 Å². The lowest BCUT2D eigenvalue weighted by molar-refractivity contribution is 0.102. The molecular weight excluding hydrogens is 343 g/mol. The number of cyclic esters (lactones) is 1. The molecular formula is C17H15FN4O4. The van der Waals surface area contributed by atoms with E-state index in [9.17, 15) is 9.18 Å². The molecule has 8 nitrogen and oxygen atoms in total. The van der Waals surface area contributed by atoms with Gasteiger partial charge < -0.3 is 18.6 Å². The second-order valence-electron chi connectivity index (χ2n) is 5.82. The highest BCUT2D eigenvalue weighted by atomic mass is 19.1. The topological polar surface area (TPSA) is 82.6 Å². The van der Waals surface area contributed by atoms with Crippen LogP contribution in [0.1, 0.15) is 5.69 Å². The van der Waals surface area contributed by atoms with Crippen molar-refractivity contribution in [2.24, 2.45) is 0 Å². The van der Waals surface area contributed by atoms with Gasteiger partial charge in [0.2, 0.25) is 0 Å². The molecule has 0 N–H and O–H groups in total. The number of halogens is 1. The van der Waals surface area contributed by atoms with E-state index in [0.717, 1.165) is 5.69 Å². The summed E-state index contributed by atoms with van der Waals surface area (Å²) in [5.74, 6) is -0.152. The van der Waals surface area contributed by atoms with Crippen LogP contribution in [0.25, 0.3) is 5.69 Å². The van der Waals surface area contributed by atoms with Gasteiger partial charge in [-0.1, -0.05) is 0 Å². The fraction of sp³-hybridized carbons (Fsp3) is 0.235. The predicted octanol–water partition coefficient (Wildman–Crippen LogP) is 2.71. The predicted molar refractivity (Wildman–Crippen MR) is 87.9 cm³/mol. The SMILES string of the molecule is Cc1cn(-c2ccc(N3C[C@H](COc4ccon4)OC3=O)cc2F)cn1. The Morgan fingerprint density at radius 2 is 2.27 bits per heavy atom. The molecule has 3 heterocycles. The van der Waals surface area contributed by atoms with Crippen LogP contribution in [-0.4, -0.2) is 40.1 Å². The average Bonchev–Trinajstić information content (AvgIpc) is 3.34. The molecule has 1 saturated heterocycles. The van der Waals surface area contributed by atoms with Crippen molar-refractivity contribution in [3.63, 3.8) is 0 Å². The molecule has 26 heavy (non-hydrogen) atoms. The van der Waals surface area contributed by atoms with E-state index < -0.39 is 18.0 Å². The first-order valence-corrected chi connectivity index (χ1v) is 7.92. The molecule has 1 aliphatic heterocycles. The summed E-state index contributed by atoms with van der Waals surface area (Å²) in [5, 5.41) is 3.62. The molecule has 1 amide bonds. The maximum Gasteiger partial charge on any atom is 0.414 e.